The Kier molecular flexibility index (Phi) is 7.70. The molecule has 1 saturated heterocycles. The normalized spacial score (nSPS) is 25.7. The molecule has 5 atom stereocenters. The number of nitrogens with zero attached hydrogens (tertiary/aromatic N) is 3. The number of carbonyl (C=O) groups is 2. The third kappa shape index (κ3) is 5.40. The fourth-order valence-corrected chi connectivity index (χ4v) is 3.75. The summed E-state index contributed by atoms with van der Waals surface area (Å²) in [7, 11) is 0. The topological polar surface area (TPSA) is 174 Å². The summed E-state index contributed by atoms with van der Waals surface area (Å²) in [4.78, 5) is 28.4. The van der Waals surface area contributed by atoms with Crippen LogP contribution < -0.4 is 11.5 Å². The molecule has 1 fully saturated rings. The number of aliphatic hydroxyl groups is 1. The summed E-state index contributed by atoms with van der Waals surface area (Å²) >= 11 is 0. The van der Waals surface area contributed by atoms with Crippen LogP contribution in [0.25, 0.3) is 5.52 Å². The van der Waals surface area contributed by atoms with Crippen LogP contribution in [0.3, 0.4) is 0 Å². The van der Waals surface area contributed by atoms with Gasteiger partial charge in [-0.3, -0.25) is 9.59 Å². The Morgan fingerprint density at radius 3 is 2.60 bits per heavy atom. The monoisotopic (exact) mass is 493 g/mol. The van der Waals surface area contributed by atoms with Crippen LogP contribution in [0, 0.1) is 11.3 Å². The molecule has 3 heterocycles. The minimum atomic E-state index is -1.33. The molecule has 0 amide bonds. The number of anilines is 1. The van der Waals surface area contributed by atoms with Crippen LogP contribution in [0.5, 0.6) is 0 Å². The summed E-state index contributed by atoms with van der Waals surface area (Å²) in [5, 5.41) is 15.6. The summed E-state index contributed by atoms with van der Waals surface area (Å²) in [5.41, 5.74) is 10.8. The highest BCUT2D eigenvalue weighted by Gasteiger charge is 2.55. The van der Waals surface area contributed by atoms with Crippen molar-refractivity contribution in [1.82, 2.24) is 14.6 Å². The second kappa shape index (κ2) is 10.1. The van der Waals surface area contributed by atoms with Crippen LogP contribution in [0.2, 0.25) is 0 Å². The van der Waals surface area contributed by atoms with E-state index in [2.05, 4.69) is 10.1 Å². The van der Waals surface area contributed by atoms with Gasteiger partial charge < -0.3 is 35.5 Å². The first-order valence-corrected chi connectivity index (χ1v) is 11.4. The van der Waals surface area contributed by atoms with Crippen LogP contribution in [0.4, 0.5) is 5.82 Å². The molecule has 2 aromatic rings. The molecule has 0 bridgehead atoms. The fourth-order valence-electron chi connectivity index (χ4n) is 3.75. The Hall–Kier alpha value is -2.80. The van der Waals surface area contributed by atoms with Gasteiger partial charge in [-0.25, -0.2) is 9.50 Å². The largest absolute Gasteiger partial charge is 0.462 e. The fraction of sp³-hybridized carbons (Fsp3) is 0.652. The standard InChI is InChI=1S/C23H35N5O7/c1-12(2)16(24)20(30)32-9-14-17(33-11-34-21(31)22(3,4)5)18(29)23(6,35-14)15-8-7-13-19(25)26-10-27-28(13)15/h7-8,10,12,14,16-18,29H,9,11,24H2,1-6H3,(H2,25,26,27)/t14-,16+,17-,18-,23+/m1/s1. The maximum atomic E-state index is 12.3. The predicted octanol–water partition coefficient (Wildman–Crippen LogP) is 0.745. The zero-order valence-electron chi connectivity index (χ0n) is 20.9. The molecule has 0 radical (unpaired) electrons. The molecule has 1 aliphatic heterocycles. The van der Waals surface area contributed by atoms with E-state index in [4.69, 9.17) is 30.4 Å². The van der Waals surface area contributed by atoms with Crippen LogP contribution in [-0.4, -0.2) is 69.4 Å². The van der Waals surface area contributed by atoms with E-state index in [-0.39, 0.29) is 18.3 Å². The Morgan fingerprint density at radius 1 is 1.29 bits per heavy atom. The summed E-state index contributed by atoms with van der Waals surface area (Å²) in [5.74, 6) is -0.927. The number of esters is 2. The number of carbonyl (C=O) groups excluding carboxylic acids is 2. The first-order chi connectivity index (χ1) is 16.3. The lowest BCUT2D eigenvalue weighted by Crippen LogP contribution is -2.43. The van der Waals surface area contributed by atoms with E-state index in [1.807, 2.05) is 0 Å². The molecule has 0 spiro atoms. The van der Waals surface area contributed by atoms with Crippen LogP contribution in [-0.2, 0) is 34.1 Å². The van der Waals surface area contributed by atoms with Gasteiger partial charge in [0.2, 0.25) is 0 Å². The number of aliphatic hydroxyl groups excluding tert-OH is 1. The quantitative estimate of drug-likeness (QED) is 0.349. The zero-order valence-corrected chi connectivity index (χ0v) is 20.9. The molecule has 194 valence electrons. The van der Waals surface area contributed by atoms with Gasteiger partial charge in [0, 0.05) is 0 Å². The van der Waals surface area contributed by atoms with Crippen molar-refractivity contribution in [2.24, 2.45) is 17.1 Å². The maximum absolute atomic E-state index is 12.3. The number of nitrogen functional groups attached to an aromatic ring is 1. The van der Waals surface area contributed by atoms with Crippen LogP contribution in [0.1, 0.15) is 47.2 Å². The minimum absolute atomic E-state index is 0.121. The molecule has 0 aromatic carbocycles. The Labute approximate surface area is 203 Å². The third-order valence-corrected chi connectivity index (χ3v) is 6.07. The highest BCUT2D eigenvalue weighted by Crippen LogP contribution is 2.41. The lowest BCUT2D eigenvalue weighted by atomic mass is 9.93. The number of aromatic nitrogens is 3. The predicted molar refractivity (Wildman–Crippen MR) is 125 cm³/mol. The van der Waals surface area contributed by atoms with E-state index < -0.39 is 54.1 Å². The molecule has 0 aliphatic carbocycles. The molecule has 0 saturated carbocycles. The van der Waals surface area contributed by atoms with E-state index in [0.29, 0.717) is 11.2 Å². The average Bonchev–Trinajstić information content (AvgIpc) is 3.32. The lowest BCUT2D eigenvalue weighted by molar-refractivity contribution is -0.178. The second-order valence-electron chi connectivity index (χ2n) is 10.2. The summed E-state index contributed by atoms with van der Waals surface area (Å²) in [6.45, 7) is 9.76. The summed E-state index contributed by atoms with van der Waals surface area (Å²) in [6, 6.07) is 2.61. The van der Waals surface area contributed by atoms with E-state index in [0.717, 1.165) is 0 Å². The molecule has 3 rings (SSSR count). The summed E-state index contributed by atoms with van der Waals surface area (Å²) in [6.07, 6.45) is -1.84. The molecule has 35 heavy (non-hydrogen) atoms. The van der Waals surface area contributed by atoms with Gasteiger partial charge in [0.25, 0.3) is 0 Å². The number of hydrogen-bond acceptors (Lipinski definition) is 11. The van der Waals surface area contributed by atoms with Crippen LogP contribution in [0.15, 0.2) is 18.5 Å². The van der Waals surface area contributed by atoms with Crippen molar-refractivity contribution in [2.75, 3.05) is 19.1 Å². The van der Waals surface area contributed by atoms with E-state index in [9.17, 15) is 14.7 Å². The third-order valence-electron chi connectivity index (χ3n) is 6.07. The molecule has 0 unspecified atom stereocenters. The van der Waals surface area contributed by atoms with E-state index in [1.165, 1.54) is 10.8 Å². The van der Waals surface area contributed by atoms with Crippen molar-refractivity contribution < 1.29 is 33.6 Å². The first kappa shape index (κ1) is 26.8. The van der Waals surface area contributed by atoms with Crippen molar-refractivity contribution >= 4 is 23.3 Å². The van der Waals surface area contributed by atoms with Gasteiger partial charge in [0.1, 0.15) is 48.4 Å². The van der Waals surface area contributed by atoms with Gasteiger partial charge in [-0.2, -0.15) is 5.10 Å². The average molecular weight is 494 g/mol. The molecule has 5 N–H and O–H groups in total. The number of fused-ring (bicyclic) bond motifs is 1. The molecule has 12 nitrogen and oxygen atoms in total. The minimum Gasteiger partial charge on any atom is -0.462 e. The Morgan fingerprint density at radius 2 is 1.97 bits per heavy atom. The van der Waals surface area contributed by atoms with Gasteiger partial charge in [-0.15, -0.1) is 0 Å². The smallest absolute Gasteiger partial charge is 0.323 e. The van der Waals surface area contributed by atoms with Crippen molar-refractivity contribution in [3.8, 4) is 0 Å². The maximum Gasteiger partial charge on any atom is 0.323 e. The van der Waals surface area contributed by atoms with Crippen molar-refractivity contribution in [2.45, 2.75) is 71.5 Å². The van der Waals surface area contributed by atoms with Gasteiger partial charge in [-0.1, -0.05) is 13.8 Å². The Balaban J connectivity index is 1.85. The van der Waals surface area contributed by atoms with Gasteiger partial charge >= 0.3 is 11.9 Å². The van der Waals surface area contributed by atoms with Gasteiger partial charge in [0.15, 0.2) is 12.6 Å². The molecular weight excluding hydrogens is 458 g/mol. The Bertz CT molecular complexity index is 1070. The van der Waals surface area contributed by atoms with E-state index >= 15 is 0 Å². The number of ether oxygens (including phenoxy) is 4. The lowest BCUT2D eigenvalue weighted by Gasteiger charge is -2.28. The highest BCUT2D eigenvalue weighted by atomic mass is 16.7. The molecular formula is C23H35N5O7. The number of nitrogens with two attached hydrogens (primary N) is 2. The van der Waals surface area contributed by atoms with Crippen LogP contribution >= 0.6 is 0 Å². The molecule has 12 heteroatoms. The van der Waals surface area contributed by atoms with Gasteiger partial charge in [0.05, 0.1) is 11.1 Å². The van der Waals surface area contributed by atoms with Gasteiger partial charge in [-0.05, 0) is 45.7 Å². The highest BCUT2D eigenvalue weighted by molar-refractivity contribution is 5.76. The van der Waals surface area contributed by atoms with Crippen molar-refractivity contribution in [3.63, 3.8) is 0 Å². The van der Waals surface area contributed by atoms with Crippen molar-refractivity contribution in [1.29, 1.82) is 0 Å². The molecule has 1 aliphatic rings. The SMILES string of the molecule is CC(C)[C@H](N)C(=O)OC[C@H]1O[C@@](C)(c2ccc3c(N)ncnn23)[C@H](O)[C@@H]1OCOC(=O)C(C)(C)C. The number of hydrogen-bond donors (Lipinski definition) is 3. The second-order valence-corrected chi connectivity index (χ2v) is 10.2. The summed E-state index contributed by atoms with van der Waals surface area (Å²) < 4.78 is 24.1. The van der Waals surface area contributed by atoms with E-state index in [1.54, 1.807) is 53.7 Å². The molecule has 2 aromatic heterocycles. The zero-order chi connectivity index (χ0) is 26.1. The van der Waals surface area contributed by atoms with Crippen molar-refractivity contribution in [3.05, 3.63) is 24.2 Å². The number of rotatable bonds is 8. The first-order valence-electron chi connectivity index (χ1n) is 11.4.